The van der Waals surface area contributed by atoms with Crippen LogP contribution in [0.3, 0.4) is 0 Å². The van der Waals surface area contributed by atoms with Crippen LogP contribution in [-0.2, 0) is 11.2 Å². The molecule has 1 amide bonds. The van der Waals surface area contributed by atoms with Gasteiger partial charge in [-0.25, -0.2) is 4.68 Å². The van der Waals surface area contributed by atoms with Gasteiger partial charge in [0.25, 0.3) is 0 Å². The van der Waals surface area contributed by atoms with Crippen LogP contribution in [0, 0.1) is 6.92 Å². The van der Waals surface area contributed by atoms with Gasteiger partial charge in [-0.15, -0.1) is 10.2 Å². The molecule has 138 valence electrons. The summed E-state index contributed by atoms with van der Waals surface area (Å²) in [5.41, 5.74) is 6.45. The van der Waals surface area contributed by atoms with Crippen LogP contribution in [-0.4, -0.2) is 26.0 Å². The van der Waals surface area contributed by atoms with Crippen LogP contribution in [0.1, 0.15) is 29.9 Å². The van der Waals surface area contributed by atoms with Gasteiger partial charge in [0.1, 0.15) is 5.25 Å². The number of carbonyl (C=O) groups is 1. The third-order valence-corrected chi connectivity index (χ3v) is 5.77. The normalized spacial score (nSPS) is 18.4. The van der Waals surface area contributed by atoms with E-state index in [1.807, 2.05) is 73.1 Å². The summed E-state index contributed by atoms with van der Waals surface area (Å²) in [5.74, 6) is 0.799. The first-order valence-corrected chi connectivity index (χ1v) is 9.83. The number of carbonyl (C=O) groups excluding carboxylic acids is 1. The summed E-state index contributed by atoms with van der Waals surface area (Å²) in [6.07, 6.45) is 0.766. The van der Waals surface area contributed by atoms with Crippen LogP contribution in [0.5, 0.6) is 0 Å². The zero-order chi connectivity index (χ0) is 18.8. The number of amides is 1. The van der Waals surface area contributed by atoms with Crippen molar-refractivity contribution in [3.63, 3.8) is 0 Å². The SMILES string of the molecule is CCc1nnc2n1N[C@@H](c1ccccc1)[C@@H](C(=O)Nc1ccc(C)cc1)S2. The molecule has 0 aliphatic carbocycles. The average molecular weight is 379 g/mol. The van der Waals surface area contributed by atoms with Gasteiger partial charge in [0.2, 0.25) is 11.1 Å². The number of benzene rings is 2. The third kappa shape index (κ3) is 3.55. The molecule has 2 aromatic carbocycles. The number of nitrogens with zero attached hydrogens (tertiary/aromatic N) is 3. The summed E-state index contributed by atoms with van der Waals surface area (Å²) in [7, 11) is 0. The fourth-order valence-corrected chi connectivity index (χ4v) is 4.19. The van der Waals surface area contributed by atoms with E-state index in [1.54, 1.807) is 0 Å². The Hall–Kier alpha value is -2.80. The number of aromatic nitrogens is 3. The first-order valence-electron chi connectivity index (χ1n) is 8.95. The van der Waals surface area contributed by atoms with Crippen molar-refractivity contribution in [3.05, 3.63) is 71.5 Å². The maximum absolute atomic E-state index is 13.1. The van der Waals surface area contributed by atoms with Crippen molar-refractivity contribution in [3.8, 4) is 0 Å². The Morgan fingerprint density at radius 2 is 1.89 bits per heavy atom. The van der Waals surface area contributed by atoms with Crippen molar-refractivity contribution >= 4 is 23.4 Å². The summed E-state index contributed by atoms with van der Waals surface area (Å²) < 4.78 is 1.90. The van der Waals surface area contributed by atoms with Gasteiger partial charge in [-0.2, -0.15) is 0 Å². The molecule has 0 unspecified atom stereocenters. The zero-order valence-corrected chi connectivity index (χ0v) is 16.0. The van der Waals surface area contributed by atoms with Crippen LogP contribution < -0.4 is 10.7 Å². The number of rotatable bonds is 4. The van der Waals surface area contributed by atoms with E-state index >= 15 is 0 Å². The second-order valence-corrected chi connectivity index (χ2v) is 7.61. The molecule has 1 aromatic heterocycles. The lowest BCUT2D eigenvalue weighted by Gasteiger charge is -2.33. The number of anilines is 1. The predicted octanol–water partition coefficient (Wildman–Crippen LogP) is 3.55. The number of thioether (sulfide) groups is 1. The molecule has 2 heterocycles. The van der Waals surface area contributed by atoms with Crippen molar-refractivity contribution < 1.29 is 4.79 Å². The highest BCUT2D eigenvalue weighted by atomic mass is 32.2. The van der Waals surface area contributed by atoms with E-state index in [1.165, 1.54) is 11.8 Å². The maximum Gasteiger partial charge on any atom is 0.240 e. The largest absolute Gasteiger partial charge is 0.325 e. The van der Waals surface area contributed by atoms with Gasteiger partial charge < -0.3 is 10.7 Å². The molecule has 2 N–H and O–H groups in total. The summed E-state index contributed by atoms with van der Waals surface area (Å²) >= 11 is 1.44. The van der Waals surface area contributed by atoms with E-state index in [4.69, 9.17) is 0 Å². The molecule has 0 spiro atoms. The molecule has 0 fully saturated rings. The van der Waals surface area contributed by atoms with Crippen molar-refractivity contribution in [2.45, 2.75) is 36.7 Å². The highest BCUT2D eigenvalue weighted by Gasteiger charge is 2.37. The Kier molecular flexibility index (Phi) is 4.85. The molecule has 27 heavy (non-hydrogen) atoms. The monoisotopic (exact) mass is 379 g/mol. The molecule has 0 radical (unpaired) electrons. The molecule has 6 nitrogen and oxygen atoms in total. The Bertz CT molecular complexity index is 939. The number of fused-ring (bicyclic) bond motifs is 1. The van der Waals surface area contributed by atoms with Gasteiger partial charge in [0, 0.05) is 12.1 Å². The molecule has 2 atom stereocenters. The van der Waals surface area contributed by atoms with Gasteiger partial charge in [-0.1, -0.05) is 66.7 Å². The number of hydrogen-bond acceptors (Lipinski definition) is 5. The molecule has 1 aliphatic heterocycles. The van der Waals surface area contributed by atoms with Crippen molar-refractivity contribution in [1.82, 2.24) is 14.9 Å². The zero-order valence-electron chi connectivity index (χ0n) is 15.2. The minimum absolute atomic E-state index is 0.0579. The second kappa shape index (κ2) is 7.44. The molecule has 0 saturated heterocycles. The van der Waals surface area contributed by atoms with Crippen molar-refractivity contribution in [2.75, 3.05) is 10.7 Å². The summed E-state index contributed by atoms with van der Waals surface area (Å²) in [4.78, 5) is 13.1. The van der Waals surface area contributed by atoms with Gasteiger partial charge in [0.05, 0.1) is 6.04 Å². The Balaban J connectivity index is 1.65. The number of aryl methyl sites for hydroxylation is 2. The van der Waals surface area contributed by atoms with Gasteiger partial charge in [-0.3, -0.25) is 4.79 Å². The van der Waals surface area contributed by atoms with Gasteiger partial charge >= 0.3 is 0 Å². The van der Waals surface area contributed by atoms with E-state index in [0.29, 0.717) is 5.16 Å². The Morgan fingerprint density at radius 3 is 2.59 bits per heavy atom. The number of hydrogen-bond donors (Lipinski definition) is 2. The lowest BCUT2D eigenvalue weighted by molar-refractivity contribution is -0.116. The highest BCUT2D eigenvalue weighted by Crippen LogP contribution is 2.37. The molecule has 3 aromatic rings. The van der Waals surface area contributed by atoms with Gasteiger partial charge in [-0.05, 0) is 24.6 Å². The topological polar surface area (TPSA) is 71.8 Å². The molecule has 0 saturated carbocycles. The predicted molar refractivity (Wildman–Crippen MR) is 107 cm³/mol. The smallest absolute Gasteiger partial charge is 0.240 e. The molecule has 1 aliphatic rings. The third-order valence-electron chi connectivity index (χ3n) is 4.56. The lowest BCUT2D eigenvalue weighted by atomic mass is 10.0. The van der Waals surface area contributed by atoms with E-state index in [-0.39, 0.29) is 17.2 Å². The van der Waals surface area contributed by atoms with Crippen LogP contribution in [0.25, 0.3) is 0 Å². The second-order valence-electron chi connectivity index (χ2n) is 6.50. The first-order chi connectivity index (χ1) is 13.2. The molecular formula is C20H21N5OS. The van der Waals surface area contributed by atoms with E-state index in [9.17, 15) is 4.79 Å². The maximum atomic E-state index is 13.1. The number of nitrogens with one attached hydrogen (secondary N) is 2. The summed E-state index contributed by atoms with van der Waals surface area (Å²) in [6.45, 7) is 4.06. The Labute approximate surface area is 162 Å². The van der Waals surface area contributed by atoms with Crippen LogP contribution >= 0.6 is 11.8 Å². The summed E-state index contributed by atoms with van der Waals surface area (Å²) in [6, 6.07) is 17.6. The summed E-state index contributed by atoms with van der Waals surface area (Å²) in [5, 5.41) is 11.8. The molecule has 4 rings (SSSR count). The molecule has 7 heteroatoms. The van der Waals surface area contributed by atoms with Crippen LogP contribution in [0.4, 0.5) is 5.69 Å². The quantitative estimate of drug-likeness (QED) is 0.725. The van der Waals surface area contributed by atoms with Crippen molar-refractivity contribution in [2.24, 2.45) is 0 Å². The average Bonchev–Trinajstić information content (AvgIpc) is 3.11. The molecule has 0 bridgehead atoms. The van der Waals surface area contributed by atoms with E-state index in [2.05, 4.69) is 20.9 Å². The fourth-order valence-electron chi connectivity index (χ4n) is 3.09. The minimum atomic E-state index is -0.366. The van der Waals surface area contributed by atoms with E-state index < -0.39 is 0 Å². The minimum Gasteiger partial charge on any atom is -0.325 e. The van der Waals surface area contributed by atoms with Gasteiger partial charge in [0.15, 0.2) is 5.82 Å². The fraction of sp³-hybridized carbons (Fsp3) is 0.250. The van der Waals surface area contributed by atoms with E-state index in [0.717, 1.165) is 29.1 Å². The van der Waals surface area contributed by atoms with Crippen molar-refractivity contribution in [1.29, 1.82) is 0 Å². The highest BCUT2D eigenvalue weighted by molar-refractivity contribution is 8.00. The van der Waals surface area contributed by atoms with Crippen LogP contribution in [0.15, 0.2) is 59.8 Å². The lowest BCUT2D eigenvalue weighted by Crippen LogP contribution is -2.41. The molecular weight excluding hydrogens is 358 g/mol. The van der Waals surface area contributed by atoms with Crippen LogP contribution in [0.2, 0.25) is 0 Å². The first kappa shape index (κ1) is 17.6. The standard InChI is InChI=1S/C20H21N5OS/c1-3-16-22-23-20-25(16)24-17(14-7-5-4-6-8-14)18(27-20)19(26)21-15-11-9-13(2)10-12-15/h4-12,17-18,24H,3H2,1-2H3,(H,21,26)/t17-,18-/m0/s1. The Morgan fingerprint density at radius 1 is 1.15 bits per heavy atom.